The zero-order valence-corrected chi connectivity index (χ0v) is 12.4. The molecule has 1 aliphatic heterocycles. The van der Waals surface area contributed by atoms with Gasteiger partial charge < -0.3 is 10.1 Å². The SMILES string of the molecule is Cc1cccc(C)c1CC(=O)c1cccc2c1OCCN2. The Bertz CT molecular complexity index is 671. The zero-order valence-electron chi connectivity index (χ0n) is 12.4. The molecule has 0 atom stereocenters. The van der Waals surface area contributed by atoms with Gasteiger partial charge in [0.05, 0.1) is 11.3 Å². The number of fused-ring (bicyclic) bond motifs is 1. The molecule has 3 rings (SSSR count). The second-order valence-corrected chi connectivity index (χ2v) is 5.43. The van der Waals surface area contributed by atoms with E-state index in [1.165, 1.54) is 0 Å². The molecule has 0 fully saturated rings. The van der Waals surface area contributed by atoms with Crippen LogP contribution < -0.4 is 10.1 Å². The van der Waals surface area contributed by atoms with E-state index in [4.69, 9.17) is 4.74 Å². The Kier molecular flexibility index (Phi) is 3.65. The lowest BCUT2D eigenvalue weighted by Gasteiger charge is -2.21. The van der Waals surface area contributed by atoms with Crippen molar-refractivity contribution in [3.63, 3.8) is 0 Å². The van der Waals surface area contributed by atoms with E-state index in [0.717, 1.165) is 28.9 Å². The molecule has 21 heavy (non-hydrogen) atoms. The Morgan fingerprint density at radius 2 is 1.86 bits per heavy atom. The number of ether oxygens (including phenoxy) is 1. The van der Waals surface area contributed by atoms with Crippen LogP contribution in [0.2, 0.25) is 0 Å². The van der Waals surface area contributed by atoms with Crippen molar-refractivity contribution >= 4 is 11.5 Å². The average Bonchev–Trinajstić information content (AvgIpc) is 2.50. The molecule has 0 radical (unpaired) electrons. The first-order valence-electron chi connectivity index (χ1n) is 7.25. The number of aryl methyl sites for hydroxylation is 2. The molecule has 1 heterocycles. The Labute approximate surface area is 124 Å². The highest BCUT2D eigenvalue weighted by Gasteiger charge is 2.20. The summed E-state index contributed by atoms with van der Waals surface area (Å²) in [4.78, 5) is 12.7. The van der Waals surface area contributed by atoms with Gasteiger partial charge in [0.2, 0.25) is 0 Å². The van der Waals surface area contributed by atoms with Crippen molar-refractivity contribution in [1.29, 1.82) is 0 Å². The normalized spacial score (nSPS) is 13.0. The maximum absolute atomic E-state index is 12.7. The molecule has 3 nitrogen and oxygen atoms in total. The van der Waals surface area contributed by atoms with E-state index >= 15 is 0 Å². The smallest absolute Gasteiger partial charge is 0.171 e. The summed E-state index contributed by atoms with van der Waals surface area (Å²) in [6.07, 6.45) is 0.415. The van der Waals surface area contributed by atoms with E-state index in [9.17, 15) is 4.79 Å². The lowest BCUT2D eigenvalue weighted by atomic mass is 9.95. The average molecular weight is 281 g/mol. The highest BCUT2D eigenvalue weighted by Crippen LogP contribution is 2.32. The van der Waals surface area contributed by atoms with E-state index in [0.29, 0.717) is 24.3 Å². The fraction of sp³-hybridized carbons (Fsp3) is 0.278. The number of nitrogens with one attached hydrogen (secondary N) is 1. The summed E-state index contributed by atoms with van der Waals surface area (Å²) in [5, 5.41) is 3.27. The van der Waals surface area contributed by atoms with E-state index in [2.05, 4.69) is 5.32 Å². The number of hydrogen-bond acceptors (Lipinski definition) is 3. The molecule has 0 saturated heterocycles. The third kappa shape index (κ3) is 2.64. The Morgan fingerprint density at radius 3 is 2.62 bits per heavy atom. The molecule has 3 heteroatoms. The highest BCUT2D eigenvalue weighted by molar-refractivity contribution is 6.02. The van der Waals surface area contributed by atoms with Gasteiger partial charge in [0, 0.05) is 13.0 Å². The first kappa shape index (κ1) is 13.7. The van der Waals surface area contributed by atoms with Crippen molar-refractivity contribution in [3.05, 3.63) is 58.7 Å². The second-order valence-electron chi connectivity index (χ2n) is 5.43. The number of rotatable bonds is 3. The summed E-state index contributed by atoms with van der Waals surface area (Å²) in [5.41, 5.74) is 5.01. The van der Waals surface area contributed by atoms with Gasteiger partial charge in [0.1, 0.15) is 6.61 Å². The Morgan fingerprint density at radius 1 is 1.14 bits per heavy atom. The number of carbonyl (C=O) groups excluding carboxylic acids is 1. The second kappa shape index (κ2) is 5.60. The molecule has 0 spiro atoms. The third-order valence-corrected chi connectivity index (χ3v) is 3.96. The van der Waals surface area contributed by atoms with Crippen LogP contribution >= 0.6 is 0 Å². The standard InChI is InChI=1S/C18H19NO2/c1-12-5-3-6-13(2)15(12)11-17(20)14-7-4-8-16-18(14)21-10-9-19-16/h3-8,19H,9-11H2,1-2H3. The topological polar surface area (TPSA) is 38.3 Å². The van der Waals surface area contributed by atoms with Crippen LogP contribution in [0.15, 0.2) is 36.4 Å². The van der Waals surface area contributed by atoms with Crippen LogP contribution in [0.1, 0.15) is 27.0 Å². The number of hydrogen-bond donors (Lipinski definition) is 1. The molecule has 2 aromatic rings. The van der Waals surface area contributed by atoms with Crippen molar-refractivity contribution in [3.8, 4) is 5.75 Å². The van der Waals surface area contributed by atoms with Gasteiger partial charge in [-0.25, -0.2) is 0 Å². The van der Waals surface area contributed by atoms with Gasteiger partial charge in [-0.3, -0.25) is 4.79 Å². The molecule has 1 aliphatic rings. The van der Waals surface area contributed by atoms with Crippen LogP contribution in [0.5, 0.6) is 5.75 Å². The van der Waals surface area contributed by atoms with Crippen molar-refractivity contribution in [2.75, 3.05) is 18.5 Å². The van der Waals surface area contributed by atoms with Gasteiger partial charge in [0.25, 0.3) is 0 Å². The monoisotopic (exact) mass is 281 g/mol. The molecule has 1 N–H and O–H groups in total. The number of anilines is 1. The number of para-hydroxylation sites is 1. The van der Waals surface area contributed by atoms with Gasteiger partial charge in [0.15, 0.2) is 11.5 Å². The third-order valence-electron chi connectivity index (χ3n) is 3.96. The fourth-order valence-corrected chi connectivity index (χ4v) is 2.77. The lowest BCUT2D eigenvalue weighted by molar-refractivity contribution is 0.0988. The zero-order chi connectivity index (χ0) is 14.8. The summed E-state index contributed by atoms with van der Waals surface area (Å²) in [5.74, 6) is 0.799. The molecule has 0 aromatic heterocycles. The van der Waals surface area contributed by atoms with Crippen LogP contribution in [-0.2, 0) is 6.42 Å². The van der Waals surface area contributed by atoms with Crippen molar-refractivity contribution < 1.29 is 9.53 Å². The quantitative estimate of drug-likeness (QED) is 0.875. The van der Waals surface area contributed by atoms with Crippen molar-refractivity contribution in [1.82, 2.24) is 0 Å². The molecule has 0 unspecified atom stereocenters. The van der Waals surface area contributed by atoms with E-state index in [1.54, 1.807) is 0 Å². The minimum absolute atomic E-state index is 0.105. The predicted octanol–water partition coefficient (Wildman–Crippen LogP) is 3.53. The molecule has 108 valence electrons. The van der Waals surface area contributed by atoms with Crippen molar-refractivity contribution in [2.45, 2.75) is 20.3 Å². The van der Waals surface area contributed by atoms with Gasteiger partial charge >= 0.3 is 0 Å². The molecule has 0 bridgehead atoms. The summed E-state index contributed by atoms with van der Waals surface area (Å²) >= 11 is 0. The molecule has 0 amide bonds. The minimum Gasteiger partial charge on any atom is -0.489 e. The molecular weight excluding hydrogens is 262 g/mol. The minimum atomic E-state index is 0.105. The maximum Gasteiger partial charge on any atom is 0.171 e. The lowest BCUT2D eigenvalue weighted by Crippen LogP contribution is -2.20. The fourth-order valence-electron chi connectivity index (χ4n) is 2.77. The first-order valence-corrected chi connectivity index (χ1v) is 7.25. The van der Waals surface area contributed by atoms with Gasteiger partial charge in [-0.15, -0.1) is 0 Å². The van der Waals surface area contributed by atoms with Crippen LogP contribution in [0, 0.1) is 13.8 Å². The van der Waals surface area contributed by atoms with Crippen molar-refractivity contribution in [2.24, 2.45) is 0 Å². The summed E-state index contributed by atoms with van der Waals surface area (Å²) < 4.78 is 5.69. The number of Topliss-reactive ketones (excluding diaryl/α,β-unsaturated/α-hetero) is 1. The molecule has 2 aromatic carbocycles. The molecule has 0 saturated carbocycles. The summed E-state index contributed by atoms with van der Waals surface area (Å²) in [6.45, 7) is 5.48. The highest BCUT2D eigenvalue weighted by atomic mass is 16.5. The molecule has 0 aliphatic carbocycles. The Hall–Kier alpha value is -2.29. The summed E-state index contributed by atoms with van der Waals surface area (Å²) in [7, 11) is 0. The predicted molar refractivity (Wildman–Crippen MR) is 84.4 cm³/mol. The molecular formula is C18H19NO2. The van der Waals surface area contributed by atoms with Crippen LogP contribution in [0.4, 0.5) is 5.69 Å². The van der Waals surface area contributed by atoms with E-state index < -0.39 is 0 Å². The summed E-state index contributed by atoms with van der Waals surface area (Å²) in [6, 6.07) is 11.8. The number of carbonyl (C=O) groups is 1. The van der Waals surface area contributed by atoms with Crippen LogP contribution in [0.25, 0.3) is 0 Å². The largest absolute Gasteiger partial charge is 0.489 e. The van der Waals surface area contributed by atoms with Gasteiger partial charge in [-0.05, 0) is 42.7 Å². The van der Waals surface area contributed by atoms with Gasteiger partial charge in [-0.1, -0.05) is 24.3 Å². The maximum atomic E-state index is 12.7. The Balaban J connectivity index is 1.93. The van der Waals surface area contributed by atoms with Gasteiger partial charge in [-0.2, -0.15) is 0 Å². The van der Waals surface area contributed by atoms with Crippen LogP contribution in [0.3, 0.4) is 0 Å². The number of benzene rings is 2. The van der Waals surface area contributed by atoms with E-state index in [1.807, 2.05) is 50.2 Å². The van der Waals surface area contributed by atoms with Crippen LogP contribution in [-0.4, -0.2) is 18.9 Å². The first-order chi connectivity index (χ1) is 10.2. The number of ketones is 1. The van der Waals surface area contributed by atoms with E-state index in [-0.39, 0.29) is 5.78 Å².